The SMILES string of the molecule is C[C@H](NC(=O)[C@H](CC(N)=O)NC(=O)CNC(=O)[C@H](CO)NC(=O)[C@@H]1CCCN1C(=O)CN)C(=O)O. The average Bonchev–Trinajstić information content (AvgIpc) is 3.29. The monoisotopic (exact) mass is 501 g/mol. The molecule has 1 heterocycles. The summed E-state index contributed by atoms with van der Waals surface area (Å²) < 4.78 is 0. The van der Waals surface area contributed by atoms with Crippen molar-refractivity contribution in [1.29, 1.82) is 0 Å². The lowest BCUT2D eigenvalue weighted by molar-refractivity contribution is -0.142. The van der Waals surface area contributed by atoms with Gasteiger partial charge in [0.05, 0.1) is 26.1 Å². The number of amides is 6. The van der Waals surface area contributed by atoms with E-state index in [1.807, 2.05) is 0 Å². The Morgan fingerprint density at radius 2 is 1.69 bits per heavy atom. The number of aliphatic carboxylic acids is 1. The summed E-state index contributed by atoms with van der Waals surface area (Å²) in [4.78, 5) is 84.4. The van der Waals surface area contributed by atoms with E-state index in [2.05, 4.69) is 21.3 Å². The van der Waals surface area contributed by atoms with Crippen LogP contribution in [0.4, 0.5) is 0 Å². The van der Waals surface area contributed by atoms with E-state index in [0.29, 0.717) is 19.4 Å². The van der Waals surface area contributed by atoms with Crippen LogP contribution in [0.15, 0.2) is 0 Å². The first-order chi connectivity index (χ1) is 16.4. The third kappa shape index (κ3) is 9.17. The molecule has 16 nitrogen and oxygen atoms in total. The molecule has 6 amide bonds. The van der Waals surface area contributed by atoms with Crippen LogP contribution < -0.4 is 32.7 Å². The smallest absolute Gasteiger partial charge is 0.325 e. The number of hydrogen-bond acceptors (Lipinski definition) is 9. The first kappa shape index (κ1) is 29.2. The topological polar surface area (TPSA) is 263 Å². The van der Waals surface area contributed by atoms with Gasteiger partial charge in [-0.3, -0.25) is 33.6 Å². The molecular formula is C19H31N7O9. The normalized spacial score (nSPS) is 17.5. The van der Waals surface area contributed by atoms with Crippen molar-refractivity contribution < 1.29 is 43.8 Å². The van der Waals surface area contributed by atoms with Gasteiger partial charge in [0, 0.05) is 6.54 Å². The second-order valence-electron chi connectivity index (χ2n) is 7.77. The summed E-state index contributed by atoms with van der Waals surface area (Å²) in [6, 6.07) is -5.09. The number of carbonyl (C=O) groups excluding carboxylic acids is 6. The van der Waals surface area contributed by atoms with E-state index in [9.17, 15) is 38.7 Å². The fraction of sp³-hybridized carbons (Fsp3) is 0.632. The molecule has 1 aliphatic rings. The predicted octanol–water partition coefficient (Wildman–Crippen LogP) is -5.52. The Bertz CT molecular complexity index is 851. The number of nitrogens with zero attached hydrogens (tertiary/aromatic N) is 1. The van der Waals surface area contributed by atoms with Crippen molar-refractivity contribution in [3.63, 3.8) is 0 Å². The standard InChI is InChI=1S/C19H31N7O9/c1-9(19(34)35)23-17(32)10(5-13(21)28)24-14(29)7-22-16(31)11(8-27)25-18(33)12-3-2-4-26(12)15(30)6-20/h9-12,27H,2-8,20H2,1H3,(H2,21,28)(H,22,31)(H,23,32)(H,24,29)(H,25,33)(H,34,35)/t9-,10-,11-,12-/m0/s1. The molecule has 0 unspecified atom stereocenters. The molecule has 10 N–H and O–H groups in total. The molecule has 1 aliphatic heterocycles. The zero-order valence-electron chi connectivity index (χ0n) is 19.1. The van der Waals surface area contributed by atoms with E-state index in [1.54, 1.807) is 0 Å². The van der Waals surface area contributed by atoms with Crippen molar-refractivity contribution >= 4 is 41.4 Å². The number of aliphatic hydroxyl groups excluding tert-OH is 1. The minimum Gasteiger partial charge on any atom is -0.480 e. The van der Waals surface area contributed by atoms with Gasteiger partial charge in [-0.2, -0.15) is 0 Å². The van der Waals surface area contributed by atoms with Gasteiger partial charge in [0.25, 0.3) is 0 Å². The van der Waals surface area contributed by atoms with E-state index < -0.39 is 85.2 Å². The van der Waals surface area contributed by atoms with Crippen LogP contribution >= 0.6 is 0 Å². The van der Waals surface area contributed by atoms with Crippen LogP contribution in [0.3, 0.4) is 0 Å². The lowest BCUT2D eigenvalue weighted by Gasteiger charge is -2.25. The van der Waals surface area contributed by atoms with Crippen molar-refractivity contribution in [2.45, 2.75) is 50.4 Å². The molecule has 4 atom stereocenters. The van der Waals surface area contributed by atoms with Crippen LogP contribution in [0, 0.1) is 0 Å². The first-order valence-corrected chi connectivity index (χ1v) is 10.7. The highest BCUT2D eigenvalue weighted by Gasteiger charge is 2.35. The van der Waals surface area contributed by atoms with Gasteiger partial charge in [0.2, 0.25) is 35.4 Å². The quantitative estimate of drug-likeness (QED) is 0.119. The summed E-state index contributed by atoms with van der Waals surface area (Å²) in [5.74, 6) is -6.24. The number of aliphatic hydroxyl groups is 1. The van der Waals surface area contributed by atoms with Crippen molar-refractivity contribution in [1.82, 2.24) is 26.2 Å². The molecule has 1 saturated heterocycles. The molecular weight excluding hydrogens is 470 g/mol. The van der Waals surface area contributed by atoms with E-state index in [0.717, 1.165) is 0 Å². The number of carbonyl (C=O) groups is 7. The van der Waals surface area contributed by atoms with E-state index >= 15 is 0 Å². The molecule has 0 aromatic heterocycles. The molecule has 1 fully saturated rings. The number of rotatable bonds is 13. The Morgan fingerprint density at radius 3 is 2.23 bits per heavy atom. The summed E-state index contributed by atoms with van der Waals surface area (Å²) in [5.41, 5.74) is 10.4. The predicted molar refractivity (Wildman–Crippen MR) is 117 cm³/mol. The van der Waals surface area contributed by atoms with Gasteiger partial charge in [-0.1, -0.05) is 0 Å². The molecule has 35 heavy (non-hydrogen) atoms. The van der Waals surface area contributed by atoms with Crippen molar-refractivity contribution in [2.75, 3.05) is 26.2 Å². The number of carboxylic acids is 1. The maximum Gasteiger partial charge on any atom is 0.325 e. The average molecular weight is 501 g/mol. The van der Waals surface area contributed by atoms with Gasteiger partial charge in [0.1, 0.15) is 24.2 Å². The van der Waals surface area contributed by atoms with Crippen LogP contribution in [-0.4, -0.2) is 107 Å². The van der Waals surface area contributed by atoms with Gasteiger partial charge < -0.3 is 47.8 Å². The Kier molecular flexibility index (Phi) is 11.5. The summed E-state index contributed by atoms with van der Waals surface area (Å²) >= 11 is 0. The minimum atomic E-state index is -1.50. The minimum absolute atomic E-state index is 0.285. The highest BCUT2D eigenvalue weighted by Crippen LogP contribution is 2.17. The fourth-order valence-corrected chi connectivity index (χ4v) is 3.24. The zero-order chi connectivity index (χ0) is 26.7. The number of likely N-dealkylation sites (tertiary alicyclic amines) is 1. The maximum atomic E-state index is 12.5. The number of nitrogens with two attached hydrogens (primary N) is 2. The highest BCUT2D eigenvalue weighted by molar-refractivity contribution is 5.96. The van der Waals surface area contributed by atoms with Crippen molar-refractivity contribution in [3.05, 3.63) is 0 Å². The van der Waals surface area contributed by atoms with Crippen LogP contribution in [0.1, 0.15) is 26.2 Å². The van der Waals surface area contributed by atoms with Crippen LogP contribution in [0.25, 0.3) is 0 Å². The van der Waals surface area contributed by atoms with Crippen molar-refractivity contribution in [2.24, 2.45) is 11.5 Å². The molecule has 196 valence electrons. The summed E-state index contributed by atoms with van der Waals surface area (Å²) in [7, 11) is 0. The molecule has 0 aromatic rings. The Balaban J connectivity index is 2.67. The second-order valence-corrected chi connectivity index (χ2v) is 7.77. The Morgan fingerprint density at radius 1 is 1.03 bits per heavy atom. The van der Waals surface area contributed by atoms with Gasteiger partial charge >= 0.3 is 5.97 Å². The highest BCUT2D eigenvalue weighted by atomic mass is 16.4. The summed E-state index contributed by atoms with van der Waals surface area (Å²) in [6.07, 6.45) is 0.279. The number of hydrogen-bond donors (Lipinski definition) is 8. The largest absolute Gasteiger partial charge is 0.480 e. The van der Waals surface area contributed by atoms with E-state index in [4.69, 9.17) is 16.6 Å². The van der Waals surface area contributed by atoms with Crippen LogP contribution in [-0.2, 0) is 33.6 Å². The molecule has 1 rings (SSSR count). The summed E-state index contributed by atoms with van der Waals surface area (Å²) in [5, 5.41) is 27.1. The molecule has 0 aromatic carbocycles. The Hall–Kier alpha value is -3.79. The molecule has 0 saturated carbocycles. The number of primary amides is 1. The van der Waals surface area contributed by atoms with Gasteiger partial charge in [0.15, 0.2) is 0 Å². The molecule has 0 aliphatic carbocycles. The van der Waals surface area contributed by atoms with Gasteiger partial charge in [-0.15, -0.1) is 0 Å². The maximum absolute atomic E-state index is 12.5. The van der Waals surface area contributed by atoms with Gasteiger partial charge in [-0.05, 0) is 19.8 Å². The molecule has 0 radical (unpaired) electrons. The zero-order valence-corrected chi connectivity index (χ0v) is 19.1. The first-order valence-electron chi connectivity index (χ1n) is 10.7. The lowest BCUT2D eigenvalue weighted by atomic mass is 10.1. The third-order valence-electron chi connectivity index (χ3n) is 5.08. The molecule has 16 heteroatoms. The van der Waals surface area contributed by atoms with E-state index in [-0.39, 0.29) is 6.54 Å². The summed E-state index contributed by atoms with van der Waals surface area (Å²) in [6.45, 7) is -0.300. The molecule has 0 spiro atoms. The number of carboxylic acid groups (broad SMARTS) is 1. The van der Waals surface area contributed by atoms with Crippen molar-refractivity contribution in [3.8, 4) is 0 Å². The number of nitrogens with one attached hydrogen (secondary N) is 4. The molecule has 0 bridgehead atoms. The van der Waals surface area contributed by atoms with Crippen LogP contribution in [0.2, 0.25) is 0 Å². The van der Waals surface area contributed by atoms with E-state index in [1.165, 1.54) is 11.8 Å². The lowest BCUT2D eigenvalue weighted by Crippen LogP contribution is -2.56. The third-order valence-corrected chi connectivity index (χ3v) is 5.08. The Labute approximate surface area is 200 Å². The van der Waals surface area contributed by atoms with Crippen LogP contribution in [0.5, 0.6) is 0 Å². The second kappa shape index (κ2) is 13.8. The van der Waals surface area contributed by atoms with Gasteiger partial charge in [-0.25, -0.2) is 0 Å². The fourth-order valence-electron chi connectivity index (χ4n) is 3.24.